The first kappa shape index (κ1) is 19.7. The van der Waals surface area contributed by atoms with Crippen LogP contribution in [0, 0.1) is 0 Å². The van der Waals surface area contributed by atoms with Crippen LogP contribution >= 0.6 is 0 Å². The number of alkyl halides is 3. The van der Waals surface area contributed by atoms with Crippen LogP contribution < -0.4 is 5.32 Å². The summed E-state index contributed by atoms with van der Waals surface area (Å²) < 4.78 is 42.6. The van der Waals surface area contributed by atoms with Gasteiger partial charge in [0.25, 0.3) is 5.91 Å². The van der Waals surface area contributed by atoms with Crippen molar-refractivity contribution in [2.75, 3.05) is 7.11 Å². The number of hydrogen-bond acceptors (Lipinski definition) is 4. The summed E-state index contributed by atoms with van der Waals surface area (Å²) in [5.74, 6) is -1.71. The lowest BCUT2D eigenvalue weighted by atomic mass is 10.1. The van der Waals surface area contributed by atoms with Crippen molar-refractivity contribution in [1.82, 2.24) is 5.32 Å². The van der Waals surface area contributed by atoms with Crippen LogP contribution in [0.15, 0.2) is 24.3 Å². The summed E-state index contributed by atoms with van der Waals surface area (Å²) in [5, 5.41) is 2.31. The summed E-state index contributed by atoms with van der Waals surface area (Å²) >= 11 is 0. The number of ketones is 1. The van der Waals surface area contributed by atoms with Crippen LogP contribution in [0.2, 0.25) is 0 Å². The third-order valence-electron chi connectivity index (χ3n) is 3.35. The predicted molar refractivity (Wildman–Crippen MR) is 79.2 cm³/mol. The highest BCUT2D eigenvalue weighted by atomic mass is 19.4. The number of hydrogen-bond donors (Lipinski definition) is 1. The van der Waals surface area contributed by atoms with Crippen LogP contribution in [0.4, 0.5) is 13.2 Å². The molecule has 132 valence electrons. The van der Waals surface area contributed by atoms with Crippen molar-refractivity contribution in [3.63, 3.8) is 0 Å². The molecule has 0 spiro atoms. The van der Waals surface area contributed by atoms with Gasteiger partial charge in [-0.1, -0.05) is 13.0 Å². The molecule has 1 N–H and O–H groups in total. The minimum absolute atomic E-state index is 0.0179. The second-order valence-electron chi connectivity index (χ2n) is 5.06. The summed E-state index contributed by atoms with van der Waals surface area (Å²) in [7, 11) is 1.12. The minimum atomic E-state index is -4.58. The monoisotopic (exact) mass is 345 g/mol. The highest BCUT2D eigenvalue weighted by Crippen LogP contribution is 2.29. The molecule has 5 nitrogen and oxygen atoms in total. The van der Waals surface area contributed by atoms with Crippen LogP contribution in [0.5, 0.6) is 0 Å². The third-order valence-corrected chi connectivity index (χ3v) is 3.35. The largest absolute Gasteiger partial charge is 0.467 e. The van der Waals surface area contributed by atoms with Crippen molar-refractivity contribution in [3.8, 4) is 0 Å². The van der Waals surface area contributed by atoms with Crippen molar-refractivity contribution in [3.05, 3.63) is 35.4 Å². The van der Waals surface area contributed by atoms with Gasteiger partial charge in [-0.15, -0.1) is 0 Å². The molecule has 1 aromatic rings. The number of benzene rings is 1. The summed E-state index contributed by atoms with van der Waals surface area (Å²) in [6.45, 7) is 1.66. The van der Waals surface area contributed by atoms with E-state index in [1.807, 2.05) is 0 Å². The molecule has 24 heavy (non-hydrogen) atoms. The van der Waals surface area contributed by atoms with E-state index < -0.39 is 29.7 Å². The van der Waals surface area contributed by atoms with Gasteiger partial charge in [0.15, 0.2) is 0 Å². The number of rotatable bonds is 7. The number of amides is 1. The number of carbonyl (C=O) groups excluding carboxylic acids is 3. The molecule has 0 fully saturated rings. The molecule has 0 aliphatic rings. The molecule has 0 aromatic heterocycles. The number of methoxy groups -OCH3 is 1. The van der Waals surface area contributed by atoms with E-state index in [1.54, 1.807) is 6.92 Å². The van der Waals surface area contributed by atoms with Gasteiger partial charge >= 0.3 is 12.1 Å². The van der Waals surface area contributed by atoms with Crippen LogP contribution in [-0.4, -0.2) is 30.8 Å². The molecule has 8 heteroatoms. The van der Waals surface area contributed by atoms with E-state index in [0.29, 0.717) is 6.07 Å². The first-order valence-corrected chi connectivity index (χ1v) is 7.26. The molecule has 0 saturated heterocycles. The zero-order valence-electron chi connectivity index (χ0n) is 13.3. The highest BCUT2D eigenvalue weighted by Gasteiger charge is 2.31. The quantitative estimate of drug-likeness (QED) is 0.771. The van der Waals surface area contributed by atoms with Gasteiger partial charge in [-0.3, -0.25) is 9.59 Å². The molecule has 0 unspecified atom stereocenters. The molecule has 1 aromatic carbocycles. The summed E-state index contributed by atoms with van der Waals surface area (Å²) in [6, 6.07) is 2.74. The summed E-state index contributed by atoms with van der Waals surface area (Å²) in [4.78, 5) is 35.1. The number of ether oxygens (including phenoxy) is 1. The van der Waals surface area contributed by atoms with Gasteiger partial charge < -0.3 is 10.1 Å². The van der Waals surface area contributed by atoms with Crippen LogP contribution in [0.3, 0.4) is 0 Å². The molecule has 0 aliphatic heterocycles. The van der Waals surface area contributed by atoms with E-state index in [2.05, 4.69) is 10.1 Å². The first-order valence-electron chi connectivity index (χ1n) is 7.26. The average molecular weight is 345 g/mol. The molecule has 0 radical (unpaired) electrons. The maximum Gasteiger partial charge on any atom is 0.416 e. The topological polar surface area (TPSA) is 72.5 Å². The molecular weight excluding hydrogens is 327 g/mol. The van der Waals surface area contributed by atoms with Crippen molar-refractivity contribution >= 4 is 17.7 Å². The van der Waals surface area contributed by atoms with Crippen molar-refractivity contribution in [1.29, 1.82) is 0 Å². The van der Waals surface area contributed by atoms with E-state index in [1.165, 1.54) is 6.07 Å². The number of esters is 1. The van der Waals surface area contributed by atoms with Crippen molar-refractivity contribution in [2.45, 2.75) is 38.4 Å². The number of halogens is 3. The zero-order valence-corrected chi connectivity index (χ0v) is 13.3. The Balaban J connectivity index is 2.88. The smallest absolute Gasteiger partial charge is 0.416 e. The Morgan fingerprint density at radius 2 is 1.92 bits per heavy atom. The summed E-state index contributed by atoms with van der Waals surface area (Å²) in [5.41, 5.74) is -1.20. The Morgan fingerprint density at radius 1 is 1.25 bits per heavy atom. The van der Waals surface area contributed by atoms with Gasteiger partial charge in [0, 0.05) is 18.4 Å². The summed E-state index contributed by atoms with van der Waals surface area (Å²) in [6.07, 6.45) is -4.22. The van der Waals surface area contributed by atoms with Gasteiger partial charge in [0.05, 0.1) is 12.7 Å². The van der Waals surface area contributed by atoms with Crippen LogP contribution in [0.1, 0.15) is 42.1 Å². The molecule has 1 rings (SSSR count). The maximum absolute atomic E-state index is 12.7. The fourth-order valence-corrected chi connectivity index (χ4v) is 1.95. The van der Waals surface area contributed by atoms with Crippen molar-refractivity contribution < 1.29 is 32.3 Å². The van der Waals surface area contributed by atoms with E-state index in [9.17, 15) is 27.6 Å². The predicted octanol–water partition coefficient (Wildman–Crippen LogP) is 2.74. The Hall–Kier alpha value is -2.38. The maximum atomic E-state index is 12.7. The molecule has 0 bridgehead atoms. The van der Waals surface area contributed by atoms with Crippen LogP contribution in [-0.2, 0) is 20.5 Å². The fraction of sp³-hybridized carbons (Fsp3) is 0.438. The molecule has 1 atom stereocenters. The molecule has 0 aliphatic carbocycles. The SMILES string of the molecule is CCC(=O)CC[C@@H](NC(=O)c1cccc(C(F)(F)F)c1)C(=O)OC. The van der Waals surface area contributed by atoms with E-state index >= 15 is 0 Å². The minimum Gasteiger partial charge on any atom is -0.467 e. The lowest BCUT2D eigenvalue weighted by Crippen LogP contribution is -2.41. The molecule has 0 saturated carbocycles. The number of Topliss-reactive ketones (excluding diaryl/α,β-unsaturated/α-hetero) is 1. The molecule has 0 heterocycles. The van der Waals surface area contributed by atoms with E-state index in [-0.39, 0.29) is 30.6 Å². The Kier molecular flexibility index (Phi) is 6.94. The van der Waals surface area contributed by atoms with Gasteiger partial charge in [0.1, 0.15) is 11.8 Å². The number of nitrogens with one attached hydrogen (secondary N) is 1. The Labute approximate surface area is 137 Å². The third kappa shape index (κ3) is 5.68. The van der Waals surface area contributed by atoms with E-state index in [0.717, 1.165) is 19.2 Å². The lowest BCUT2D eigenvalue weighted by Gasteiger charge is -2.16. The average Bonchev–Trinajstić information content (AvgIpc) is 2.56. The van der Waals surface area contributed by atoms with E-state index in [4.69, 9.17) is 0 Å². The second-order valence-corrected chi connectivity index (χ2v) is 5.06. The zero-order chi connectivity index (χ0) is 18.3. The Bertz CT molecular complexity index is 614. The number of carbonyl (C=O) groups is 3. The fourth-order valence-electron chi connectivity index (χ4n) is 1.95. The van der Waals surface area contributed by atoms with Gasteiger partial charge in [-0.05, 0) is 24.6 Å². The molecule has 1 amide bonds. The standard InChI is InChI=1S/C16H18F3NO4/c1-3-12(21)7-8-13(15(23)24-2)20-14(22)10-5-4-6-11(9-10)16(17,18)19/h4-6,9,13H,3,7-8H2,1-2H3,(H,20,22)/t13-/m1/s1. The second kappa shape index (κ2) is 8.47. The van der Waals surface area contributed by atoms with Gasteiger partial charge in [0.2, 0.25) is 0 Å². The highest BCUT2D eigenvalue weighted by molar-refractivity contribution is 5.97. The molecular formula is C16H18F3NO4. The lowest BCUT2D eigenvalue weighted by molar-refractivity contribution is -0.143. The van der Waals surface area contributed by atoms with Gasteiger partial charge in [-0.2, -0.15) is 13.2 Å². The van der Waals surface area contributed by atoms with Crippen molar-refractivity contribution in [2.24, 2.45) is 0 Å². The first-order chi connectivity index (χ1) is 11.2. The normalized spacial score (nSPS) is 12.4. The Morgan fingerprint density at radius 3 is 2.46 bits per heavy atom. The van der Waals surface area contributed by atoms with Gasteiger partial charge in [-0.25, -0.2) is 4.79 Å². The van der Waals surface area contributed by atoms with Crippen LogP contribution in [0.25, 0.3) is 0 Å².